The van der Waals surface area contributed by atoms with Crippen LogP contribution in [0.3, 0.4) is 0 Å². The van der Waals surface area contributed by atoms with E-state index in [0.29, 0.717) is 11.6 Å². The summed E-state index contributed by atoms with van der Waals surface area (Å²) in [6.45, 7) is 3.67. The molecule has 0 aromatic heterocycles. The molecule has 1 unspecified atom stereocenters. The van der Waals surface area contributed by atoms with E-state index in [9.17, 15) is 4.79 Å². The predicted octanol–water partition coefficient (Wildman–Crippen LogP) is 2.69. The summed E-state index contributed by atoms with van der Waals surface area (Å²) in [5.74, 6) is -0.593. The zero-order valence-electron chi connectivity index (χ0n) is 10.8. The summed E-state index contributed by atoms with van der Waals surface area (Å²) in [7, 11) is 0. The van der Waals surface area contributed by atoms with Crippen molar-refractivity contribution in [1.29, 1.82) is 0 Å². The maximum atomic E-state index is 11.5. The number of hydrogen-bond donors (Lipinski definition) is 2. The van der Waals surface area contributed by atoms with E-state index in [2.05, 4.69) is 12.2 Å². The van der Waals surface area contributed by atoms with E-state index >= 15 is 0 Å². The lowest BCUT2D eigenvalue weighted by Gasteiger charge is -2.14. The first kappa shape index (κ1) is 15.0. The van der Waals surface area contributed by atoms with Crippen molar-refractivity contribution in [2.24, 2.45) is 5.73 Å². The summed E-state index contributed by atoms with van der Waals surface area (Å²) in [5.41, 5.74) is 6.35. The van der Waals surface area contributed by atoms with Crippen LogP contribution >= 0.6 is 11.6 Å². The van der Waals surface area contributed by atoms with Crippen LogP contribution in [0, 0.1) is 0 Å². The van der Waals surface area contributed by atoms with E-state index < -0.39 is 0 Å². The molecule has 0 aliphatic heterocycles. The van der Waals surface area contributed by atoms with E-state index in [1.54, 1.807) is 12.1 Å². The second-order valence-corrected chi connectivity index (χ2v) is 4.85. The third-order valence-corrected chi connectivity index (χ3v) is 3.17. The van der Waals surface area contributed by atoms with Crippen molar-refractivity contribution in [3.05, 3.63) is 34.9 Å². The summed E-state index contributed by atoms with van der Waals surface area (Å²) in [4.78, 5) is 11.5. The highest BCUT2D eigenvalue weighted by atomic mass is 35.5. The highest BCUT2D eigenvalue weighted by Crippen LogP contribution is 2.17. The van der Waals surface area contributed by atoms with Crippen LogP contribution in [0.1, 0.15) is 37.7 Å². The van der Waals surface area contributed by atoms with Gasteiger partial charge in [-0.2, -0.15) is 0 Å². The molecule has 1 rings (SSSR count). The van der Waals surface area contributed by atoms with Crippen LogP contribution in [0.15, 0.2) is 24.3 Å². The average Bonchev–Trinajstić information content (AvgIpc) is 2.35. The zero-order valence-corrected chi connectivity index (χ0v) is 11.5. The number of nitrogens with two attached hydrogens (primary N) is 1. The van der Waals surface area contributed by atoms with Crippen molar-refractivity contribution in [2.75, 3.05) is 13.1 Å². The Morgan fingerprint density at radius 3 is 2.56 bits per heavy atom. The molecule has 0 spiro atoms. The fourth-order valence-electron chi connectivity index (χ4n) is 1.82. The molecule has 0 radical (unpaired) electrons. The summed E-state index contributed by atoms with van der Waals surface area (Å²) in [6.07, 6.45) is 3.52. The van der Waals surface area contributed by atoms with Crippen molar-refractivity contribution < 1.29 is 4.79 Å². The lowest BCUT2D eigenvalue weighted by molar-refractivity contribution is -0.119. The van der Waals surface area contributed by atoms with Gasteiger partial charge in [-0.25, -0.2) is 0 Å². The molecule has 0 saturated heterocycles. The third kappa shape index (κ3) is 5.07. The first-order valence-electron chi connectivity index (χ1n) is 6.40. The molecule has 0 heterocycles. The van der Waals surface area contributed by atoms with Gasteiger partial charge in [0.1, 0.15) is 0 Å². The molecule has 0 bridgehead atoms. The standard InChI is InChI=1S/C14H21ClN2O/c1-2-3-4-9-17-10-13(14(16)18)11-5-7-12(15)8-6-11/h5-8,13,17H,2-4,9-10H2,1H3,(H2,16,18). The third-order valence-electron chi connectivity index (χ3n) is 2.92. The first-order valence-corrected chi connectivity index (χ1v) is 6.78. The van der Waals surface area contributed by atoms with E-state index in [0.717, 1.165) is 18.5 Å². The molecule has 0 aliphatic carbocycles. The molecule has 1 aromatic carbocycles. The molecule has 0 saturated carbocycles. The van der Waals surface area contributed by atoms with Gasteiger partial charge in [-0.15, -0.1) is 0 Å². The molecule has 0 fully saturated rings. The van der Waals surface area contributed by atoms with Gasteiger partial charge in [0.2, 0.25) is 5.91 Å². The fraction of sp³-hybridized carbons (Fsp3) is 0.500. The van der Waals surface area contributed by atoms with Gasteiger partial charge in [0, 0.05) is 11.6 Å². The zero-order chi connectivity index (χ0) is 13.4. The highest BCUT2D eigenvalue weighted by Gasteiger charge is 2.16. The molecular weight excluding hydrogens is 248 g/mol. The second kappa shape index (κ2) is 8.11. The number of benzene rings is 1. The molecular formula is C14H21ClN2O. The largest absolute Gasteiger partial charge is 0.369 e. The summed E-state index contributed by atoms with van der Waals surface area (Å²) >= 11 is 5.83. The number of carbonyl (C=O) groups is 1. The first-order chi connectivity index (χ1) is 8.65. The number of carbonyl (C=O) groups excluding carboxylic acids is 1. The summed E-state index contributed by atoms with van der Waals surface area (Å²) in [5, 5.41) is 3.95. The van der Waals surface area contributed by atoms with Crippen LogP contribution in [0.25, 0.3) is 0 Å². The van der Waals surface area contributed by atoms with Gasteiger partial charge in [0.25, 0.3) is 0 Å². The fourth-order valence-corrected chi connectivity index (χ4v) is 1.95. The predicted molar refractivity (Wildman–Crippen MR) is 75.8 cm³/mol. The Balaban J connectivity index is 2.50. The smallest absolute Gasteiger partial charge is 0.226 e. The molecule has 1 amide bonds. The Hall–Kier alpha value is -1.06. The maximum absolute atomic E-state index is 11.5. The normalized spacial score (nSPS) is 12.3. The highest BCUT2D eigenvalue weighted by molar-refractivity contribution is 6.30. The Morgan fingerprint density at radius 1 is 1.33 bits per heavy atom. The number of unbranched alkanes of at least 4 members (excludes halogenated alkanes) is 2. The van der Waals surface area contributed by atoms with E-state index in [4.69, 9.17) is 17.3 Å². The van der Waals surface area contributed by atoms with Crippen molar-refractivity contribution in [1.82, 2.24) is 5.32 Å². The minimum Gasteiger partial charge on any atom is -0.369 e. The minimum absolute atomic E-state index is 0.288. The molecule has 1 aromatic rings. The van der Waals surface area contributed by atoms with Crippen LogP contribution in [0.2, 0.25) is 5.02 Å². The number of primary amides is 1. The number of nitrogens with one attached hydrogen (secondary N) is 1. The van der Waals surface area contributed by atoms with Gasteiger partial charge in [0.05, 0.1) is 5.92 Å². The van der Waals surface area contributed by atoms with Crippen LogP contribution < -0.4 is 11.1 Å². The Morgan fingerprint density at radius 2 is 2.00 bits per heavy atom. The van der Waals surface area contributed by atoms with Gasteiger partial charge in [-0.05, 0) is 30.7 Å². The summed E-state index contributed by atoms with van der Waals surface area (Å²) in [6, 6.07) is 7.27. The van der Waals surface area contributed by atoms with Gasteiger partial charge >= 0.3 is 0 Å². The average molecular weight is 269 g/mol. The topological polar surface area (TPSA) is 55.1 Å². The van der Waals surface area contributed by atoms with Gasteiger partial charge < -0.3 is 11.1 Å². The number of hydrogen-bond acceptors (Lipinski definition) is 2. The molecule has 3 nitrogen and oxygen atoms in total. The Bertz CT molecular complexity index is 365. The van der Waals surface area contributed by atoms with Crippen molar-refractivity contribution in [3.63, 3.8) is 0 Å². The maximum Gasteiger partial charge on any atom is 0.226 e. The molecule has 18 heavy (non-hydrogen) atoms. The Labute approximate surface area is 114 Å². The van der Waals surface area contributed by atoms with Gasteiger partial charge in [-0.1, -0.05) is 43.5 Å². The van der Waals surface area contributed by atoms with E-state index in [1.165, 1.54) is 12.8 Å². The minimum atomic E-state index is -0.305. The molecule has 100 valence electrons. The van der Waals surface area contributed by atoms with Gasteiger partial charge in [-0.3, -0.25) is 4.79 Å². The molecule has 0 aliphatic rings. The Kier molecular flexibility index (Phi) is 6.76. The summed E-state index contributed by atoms with van der Waals surface area (Å²) < 4.78 is 0. The molecule has 4 heteroatoms. The lowest BCUT2D eigenvalue weighted by atomic mass is 9.98. The quantitative estimate of drug-likeness (QED) is 0.712. The number of amides is 1. The van der Waals surface area contributed by atoms with Crippen LogP contribution in [0.4, 0.5) is 0 Å². The van der Waals surface area contributed by atoms with Crippen molar-refractivity contribution in [3.8, 4) is 0 Å². The van der Waals surface area contributed by atoms with Crippen molar-refractivity contribution >= 4 is 17.5 Å². The number of rotatable bonds is 8. The van der Waals surface area contributed by atoms with Crippen LogP contribution in [-0.4, -0.2) is 19.0 Å². The SMILES string of the molecule is CCCCCNCC(C(N)=O)c1ccc(Cl)cc1. The van der Waals surface area contributed by atoms with Gasteiger partial charge in [0.15, 0.2) is 0 Å². The van der Waals surface area contributed by atoms with Crippen LogP contribution in [-0.2, 0) is 4.79 Å². The van der Waals surface area contributed by atoms with Crippen molar-refractivity contribution in [2.45, 2.75) is 32.1 Å². The van der Waals surface area contributed by atoms with E-state index in [-0.39, 0.29) is 11.8 Å². The van der Waals surface area contributed by atoms with Crippen LogP contribution in [0.5, 0.6) is 0 Å². The monoisotopic (exact) mass is 268 g/mol. The second-order valence-electron chi connectivity index (χ2n) is 4.42. The molecule has 1 atom stereocenters. The number of halogens is 1. The lowest BCUT2D eigenvalue weighted by Crippen LogP contribution is -2.31. The molecule has 3 N–H and O–H groups in total. The van der Waals surface area contributed by atoms with E-state index in [1.807, 2.05) is 12.1 Å².